The molecule has 5 heteroatoms. The summed E-state index contributed by atoms with van der Waals surface area (Å²) < 4.78 is 6.15. The van der Waals surface area contributed by atoms with Crippen molar-refractivity contribution in [2.45, 2.75) is 25.0 Å². The van der Waals surface area contributed by atoms with Crippen LogP contribution >= 0.6 is 0 Å². The van der Waals surface area contributed by atoms with Gasteiger partial charge < -0.3 is 14.8 Å². The van der Waals surface area contributed by atoms with Gasteiger partial charge in [0.2, 0.25) is 0 Å². The molecule has 5 nitrogen and oxygen atoms in total. The van der Waals surface area contributed by atoms with E-state index in [1.807, 2.05) is 48.5 Å². The largest absolute Gasteiger partial charge is 0.488 e. The lowest BCUT2D eigenvalue weighted by molar-refractivity contribution is -0.143. The molecular formula is C21H20N2O3. The van der Waals surface area contributed by atoms with Crippen LogP contribution in [-0.2, 0) is 11.4 Å². The average molecular weight is 348 g/mol. The summed E-state index contributed by atoms with van der Waals surface area (Å²) in [6, 6.07) is 15.4. The highest BCUT2D eigenvalue weighted by atomic mass is 16.5. The third-order valence-corrected chi connectivity index (χ3v) is 5.59. The smallest absolute Gasteiger partial charge is 0.327 e. The molecule has 3 aromatic rings. The Morgan fingerprint density at radius 2 is 2.04 bits per heavy atom. The van der Waals surface area contributed by atoms with Crippen LogP contribution in [0.3, 0.4) is 0 Å². The van der Waals surface area contributed by atoms with Crippen LogP contribution in [0.4, 0.5) is 0 Å². The van der Waals surface area contributed by atoms with Crippen LogP contribution in [0.25, 0.3) is 10.9 Å². The van der Waals surface area contributed by atoms with Crippen molar-refractivity contribution in [3.05, 3.63) is 65.4 Å². The average Bonchev–Trinajstić information content (AvgIpc) is 3.23. The van der Waals surface area contributed by atoms with E-state index in [4.69, 9.17) is 4.74 Å². The van der Waals surface area contributed by atoms with E-state index < -0.39 is 12.0 Å². The lowest BCUT2D eigenvalue weighted by Gasteiger charge is -2.29. The summed E-state index contributed by atoms with van der Waals surface area (Å²) in [6.07, 6.45) is 0.997. The van der Waals surface area contributed by atoms with Crippen LogP contribution in [0.2, 0.25) is 0 Å². The van der Waals surface area contributed by atoms with Gasteiger partial charge in [-0.1, -0.05) is 36.4 Å². The second-order valence-electron chi connectivity index (χ2n) is 7.13. The van der Waals surface area contributed by atoms with E-state index in [2.05, 4.69) is 9.88 Å². The number of aromatic nitrogens is 1. The molecule has 0 amide bonds. The van der Waals surface area contributed by atoms with Crippen molar-refractivity contribution in [2.75, 3.05) is 13.1 Å². The molecule has 0 radical (unpaired) electrons. The predicted octanol–water partition coefficient (Wildman–Crippen LogP) is 3.68. The van der Waals surface area contributed by atoms with Crippen LogP contribution in [0.5, 0.6) is 5.75 Å². The predicted molar refractivity (Wildman–Crippen MR) is 98.4 cm³/mol. The molecule has 0 spiro atoms. The third kappa shape index (κ3) is 2.31. The van der Waals surface area contributed by atoms with Gasteiger partial charge in [-0.15, -0.1) is 0 Å². The molecule has 26 heavy (non-hydrogen) atoms. The fourth-order valence-electron chi connectivity index (χ4n) is 4.48. The zero-order valence-electron chi connectivity index (χ0n) is 14.3. The minimum absolute atomic E-state index is 0.371. The maximum Gasteiger partial charge on any atom is 0.327 e. The first kappa shape index (κ1) is 15.5. The Morgan fingerprint density at radius 1 is 1.19 bits per heavy atom. The van der Waals surface area contributed by atoms with E-state index in [0.29, 0.717) is 12.5 Å². The van der Waals surface area contributed by atoms with E-state index in [0.717, 1.165) is 53.0 Å². The number of nitrogens with zero attached hydrogens (tertiary/aromatic N) is 1. The highest BCUT2D eigenvalue weighted by molar-refractivity contribution is 5.93. The summed E-state index contributed by atoms with van der Waals surface area (Å²) in [4.78, 5) is 17.3. The van der Waals surface area contributed by atoms with E-state index in [1.54, 1.807) is 0 Å². The molecule has 5 rings (SSSR count). The van der Waals surface area contributed by atoms with E-state index in [1.165, 1.54) is 0 Å². The maximum absolute atomic E-state index is 11.9. The Balaban J connectivity index is 1.60. The van der Waals surface area contributed by atoms with Crippen molar-refractivity contribution in [1.29, 1.82) is 0 Å². The summed E-state index contributed by atoms with van der Waals surface area (Å²) in [5.74, 6) is 0.411. The van der Waals surface area contributed by atoms with Gasteiger partial charge in [0.1, 0.15) is 18.4 Å². The minimum Gasteiger partial charge on any atom is -0.488 e. The molecule has 1 saturated heterocycles. The van der Waals surface area contributed by atoms with E-state index >= 15 is 0 Å². The monoisotopic (exact) mass is 348 g/mol. The van der Waals surface area contributed by atoms with Crippen molar-refractivity contribution >= 4 is 16.9 Å². The Kier molecular flexibility index (Phi) is 3.50. The van der Waals surface area contributed by atoms with E-state index in [-0.39, 0.29) is 0 Å². The number of aromatic amines is 1. The van der Waals surface area contributed by atoms with Crippen molar-refractivity contribution in [1.82, 2.24) is 9.88 Å². The van der Waals surface area contributed by atoms with Gasteiger partial charge in [0.25, 0.3) is 0 Å². The Labute approximate surface area is 151 Å². The molecule has 132 valence electrons. The van der Waals surface area contributed by atoms with Gasteiger partial charge in [-0.25, -0.2) is 0 Å². The molecule has 2 aromatic carbocycles. The van der Waals surface area contributed by atoms with Gasteiger partial charge in [0, 0.05) is 29.1 Å². The second kappa shape index (κ2) is 5.88. The number of hydrogen-bond donors (Lipinski definition) is 2. The number of aliphatic carboxylic acids is 1. The number of ether oxygens (including phenoxy) is 1. The van der Waals surface area contributed by atoms with Gasteiger partial charge in [-0.3, -0.25) is 9.69 Å². The second-order valence-corrected chi connectivity index (χ2v) is 7.13. The first-order valence-electron chi connectivity index (χ1n) is 9.00. The van der Waals surface area contributed by atoms with Crippen LogP contribution in [0.15, 0.2) is 48.5 Å². The topological polar surface area (TPSA) is 65.6 Å². The zero-order valence-corrected chi connectivity index (χ0v) is 14.3. The van der Waals surface area contributed by atoms with Crippen molar-refractivity contribution < 1.29 is 14.6 Å². The Hall–Kier alpha value is -2.79. The van der Waals surface area contributed by atoms with Gasteiger partial charge in [-0.2, -0.15) is 0 Å². The van der Waals surface area contributed by atoms with Crippen molar-refractivity contribution in [2.24, 2.45) is 0 Å². The first-order valence-corrected chi connectivity index (χ1v) is 9.00. The van der Waals surface area contributed by atoms with Gasteiger partial charge in [-0.05, 0) is 36.2 Å². The number of hydrogen-bond acceptors (Lipinski definition) is 3. The van der Waals surface area contributed by atoms with Gasteiger partial charge in [0.05, 0.1) is 0 Å². The summed E-state index contributed by atoms with van der Waals surface area (Å²) in [6.45, 7) is 2.14. The highest BCUT2D eigenvalue weighted by Crippen LogP contribution is 2.47. The van der Waals surface area contributed by atoms with Gasteiger partial charge in [0.15, 0.2) is 0 Å². The Bertz CT molecular complexity index is 980. The summed E-state index contributed by atoms with van der Waals surface area (Å²) in [5.41, 5.74) is 4.05. The quantitative estimate of drug-likeness (QED) is 0.755. The molecule has 2 bridgehead atoms. The molecule has 0 saturated carbocycles. The summed E-state index contributed by atoms with van der Waals surface area (Å²) in [5, 5.41) is 10.8. The Morgan fingerprint density at radius 3 is 2.85 bits per heavy atom. The number of carboxylic acid groups (broad SMARTS) is 1. The number of carboxylic acids is 1. The first-order chi connectivity index (χ1) is 12.7. The molecule has 2 aliphatic heterocycles. The lowest BCUT2D eigenvalue weighted by Crippen LogP contribution is -2.35. The number of fused-ring (bicyclic) bond motifs is 6. The third-order valence-electron chi connectivity index (χ3n) is 5.59. The number of H-pyrrole nitrogens is 1. The molecular weight excluding hydrogens is 328 g/mol. The standard InChI is InChI=1S/C21H20N2O3/c24-21(25)20-19-17(14-9-10-23(20)11-14)18-15(22-19)7-4-8-16(18)26-12-13-5-2-1-3-6-13/h1-8,14,20,22H,9-12H2,(H,24,25). The maximum atomic E-state index is 11.9. The highest BCUT2D eigenvalue weighted by Gasteiger charge is 2.44. The number of rotatable bonds is 4. The van der Waals surface area contributed by atoms with Crippen LogP contribution in [0.1, 0.15) is 35.2 Å². The molecule has 3 unspecified atom stereocenters. The summed E-state index contributed by atoms with van der Waals surface area (Å²) in [7, 11) is 0. The fraction of sp³-hybridized carbons (Fsp3) is 0.286. The van der Waals surface area contributed by atoms with E-state index in [9.17, 15) is 9.90 Å². The fourth-order valence-corrected chi connectivity index (χ4v) is 4.48. The van der Waals surface area contributed by atoms with Crippen LogP contribution in [-0.4, -0.2) is 34.0 Å². The zero-order chi connectivity index (χ0) is 17.7. The summed E-state index contributed by atoms with van der Waals surface area (Å²) >= 11 is 0. The lowest BCUT2D eigenvalue weighted by atomic mass is 9.90. The normalized spacial score (nSPS) is 23.8. The molecule has 2 N–H and O–H groups in total. The number of nitrogens with one attached hydrogen (secondary N) is 1. The molecule has 0 aliphatic carbocycles. The number of benzene rings is 2. The van der Waals surface area contributed by atoms with Crippen molar-refractivity contribution in [3.8, 4) is 5.75 Å². The minimum atomic E-state index is -0.787. The molecule has 1 aromatic heterocycles. The number of carbonyl (C=O) groups is 1. The molecule has 1 fully saturated rings. The molecule has 3 atom stereocenters. The van der Waals surface area contributed by atoms with Crippen molar-refractivity contribution in [3.63, 3.8) is 0 Å². The molecule has 2 aliphatic rings. The SMILES string of the molecule is O=C(O)C1c2[nH]c3cccc(OCc4ccccc4)c3c2C2CCN1C2. The van der Waals surface area contributed by atoms with Crippen LogP contribution < -0.4 is 4.74 Å². The van der Waals surface area contributed by atoms with Gasteiger partial charge >= 0.3 is 5.97 Å². The van der Waals surface area contributed by atoms with Crippen LogP contribution in [0, 0.1) is 0 Å². The molecule has 3 heterocycles.